The maximum absolute atomic E-state index is 12.3. The van der Waals surface area contributed by atoms with Gasteiger partial charge in [0.2, 0.25) is 6.79 Å². The molecule has 0 N–H and O–H groups in total. The number of thioether (sulfide) groups is 1. The number of carbonyl (C=O) groups is 1. The van der Waals surface area contributed by atoms with Gasteiger partial charge in [-0.3, -0.25) is 4.79 Å². The first kappa shape index (κ1) is 14.8. The summed E-state index contributed by atoms with van der Waals surface area (Å²) in [7, 11) is 0. The molecule has 2 aromatic rings. The molecule has 0 spiro atoms. The number of aromatic nitrogens is 2. The highest BCUT2D eigenvalue weighted by Gasteiger charge is 2.17. The summed E-state index contributed by atoms with van der Waals surface area (Å²) in [5, 5.41) is 0.634. The summed E-state index contributed by atoms with van der Waals surface area (Å²) in [5.41, 5.74) is 3.60. The molecular weight excluding hydrogens is 300 g/mol. The molecule has 0 radical (unpaired) electrons. The van der Waals surface area contributed by atoms with Crippen LogP contribution in [0.2, 0.25) is 0 Å². The lowest BCUT2D eigenvalue weighted by Gasteiger charge is -2.06. The van der Waals surface area contributed by atoms with Crippen molar-refractivity contribution in [3.63, 3.8) is 0 Å². The van der Waals surface area contributed by atoms with E-state index in [9.17, 15) is 4.79 Å². The Kier molecular flexibility index (Phi) is 4.02. The molecule has 3 rings (SSSR count). The van der Waals surface area contributed by atoms with Gasteiger partial charge in [-0.15, -0.1) is 0 Å². The molecule has 5 nitrogen and oxygen atoms in total. The van der Waals surface area contributed by atoms with Crippen molar-refractivity contribution >= 4 is 17.5 Å². The Balaban J connectivity index is 1.70. The van der Waals surface area contributed by atoms with Crippen LogP contribution >= 0.6 is 11.8 Å². The first-order valence-corrected chi connectivity index (χ1v) is 7.90. The van der Waals surface area contributed by atoms with Crippen LogP contribution in [0.15, 0.2) is 23.4 Å². The van der Waals surface area contributed by atoms with Crippen LogP contribution in [0, 0.1) is 20.8 Å². The molecule has 0 fully saturated rings. The van der Waals surface area contributed by atoms with Crippen molar-refractivity contribution in [1.29, 1.82) is 0 Å². The lowest BCUT2D eigenvalue weighted by atomic mass is 10.1. The van der Waals surface area contributed by atoms with Crippen molar-refractivity contribution < 1.29 is 14.3 Å². The maximum atomic E-state index is 12.3. The second-order valence-corrected chi connectivity index (χ2v) is 6.02. The average Bonchev–Trinajstić information content (AvgIpc) is 2.97. The number of nitrogens with zero attached hydrogens (tertiary/aromatic N) is 2. The van der Waals surface area contributed by atoms with Gasteiger partial charge in [-0.25, -0.2) is 9.97 Å². The Morgan fingerprint density at radius 1 is 1.14 bits per heavy atom. The Morgan fingerprint density at radius 3 is 2.55 bits per heavy atom. The largest absolute Gasteiger partial charge is 0.454 e. The summed E-state index contributed by atoms with van der Waals surface area (Å²) in [5.74, 6) is 1.61. The SMILES string of the molecule is Cc1nc(SCC(=O)c2ccc3c(c2)OCO3)nc(C)c1C. The van der Waals surface area contributed by atoms with Crippen LogP contribution in [-0.4, -0.2) is 28.3 Å². The third kappa shape index (κ3) is 2.92. The summed E-state index contributed by atoms with van der Waals surface area (Å²) in [6, 6.07) is 5.23. The first-order valence-electron chi connectivity index (χ1n) is 6.92. The zero-order valence-corrected chi connectivity index (χ0v) is 13.5. The average molecular weight is 316 g/mol. The number of ether oxygens (including phenoxy) is 2. The van der Waals surface area contributed by atoms with E-state index < -0.39 is 0 Å². The standard InChI is InChI=1S/C16H16N2O3S/c1-9-10(2)17-16(18-11(9)3)22-7-13(19)12-4-5-14-15(6-12)21-8-20-14/h4-6H,7-8H2,1-3H3. The third-order valence-electron chi connectivity index (χ3n) is 3.64. The number of fused-ring (bicyclic) bond motifs is 1. The fraction of sp³-hybridized carbons (Fsp3) is 0.312. The van der Waals surface area contributed by atoms with Gasteiger partial charge in [0.05, 0.1) is 5.75 Å². The quantitative estimate of drug-likeness (QED) is 0.491. The number of aryl methyl sites for hydroxylation is 2. The number of ketones is 1. The van der Waals surface area contributed by atoms with Gasteiger partial charge in [0, 0.05) is 17.0 Å². The molecule has 0 aliphatic carbocycles. The lowest BCUT2D eigenvalue weighted by molar-refractivity contribution is 0.102. The Morgan fingerprint density at radius 2 is 1.82 bits per heavy atom. The minimum absolute atomic E-state index is 0.0165. The number of rotatable bonds is 4. The molecule has 114 valence electrons. The van der Waals surface area contributed by atoms with Crippen molar-refractivity contribution in [1.82, 2.24) is 9.97 Å². The van der Waals surface area contributed by atoms with E-state index >= 15 is 0 Å². The number of Topliss-reactive ketones (excluding diaryl/α,β-unsaturated/α-hetero) is 1. The van der Waals surface area contributed by atoms with E-state index in [4.69, 9.17) is 9.47 Å². The van der Waals surface area contributed by atoms with Crippen molar-refractivity contribution in [2.75, 3.05) is 12.5 Å². The minimum Gasteiger partial charge on any atom is -0.454 e. The molecule has 0 amide bonds. The second kappa shape index (κ2) is 5.96. The predicted molar refractivity (Wildman–Crippen MR) is 83.9 cm³/mol. The normalized spacial score (nSPS) is 12.5. The highest BCUT2D eigenvalue weighted by Crippen LogP contribution is 2.33. The molecule has 22 heavy (non-hydrogen) atoms. The molecule has 0 atom stereocenters. The number of carbonyl (C=O) groups excluding carboxylic acids is 1. The van der Waals surface area contributed by atoms with Gasteiger partial charge in [0.15, 0.2) is 22.4 Å². The molecule has 2 heterocycles. The molecule has 1 aliphatic heterocycles. The van der Waals surface area contributed by atoms with E-state index in [2.05, 4.69) is 9.97 Å². The van der Waals surface area contributed by atoms with Gasteiger partial charge in [0.25, 0.3) is 0 Å². The Hall–Kier alpha value is -2.08. The van der Waals surface area contributed by atoms with E-state index in [0.29, 0.717) is 28.0 Å². The van der Waals surface area contributed by atoms with Gasteiger partial charge in [-0.05, 0) is 44.5 Å². The fourth-order valence-corrected chi connectivity index (χ4v) is 2.92. The number of hydrogen-bond donors (Lipinski definition) is 0. The van der Waals surface area contributed by atoms with Crippen molar-refractivity contribution in [2.24, 2.45) is 0 Å². The Labute approximate surface area is 133 Å². The monoisotopic (exact) mass is 316 g/mol. The molecule has 0 saturated heterocycles. The van der Waals surface area contributed by atoms with Crippen molar-refractivity contribution in [2.45, 2.75) is 25.9 Å². The van der Waals surface area contributed by atoms with E-state index in [1.54, 1.807) is 18.2 Å². The molecule has 6 heteroatoms. The molecule has 0 unspecified atom stereocenters. The Bertz CT molecular complexity index is 723. The van der Waals surface area contributed by atoms with Gasteiger partial charge in [-0.2, -0.15) is 0 Å². The van der Waals surface area contributed by atoms with E-state index in [1.165, 1.54) is 11.8 Å². The summed E-state index contributed by atoms with van der Waals surface area (Å²) in [6.07, 6.45) is 0. The highest BCUT2D eigenvalue weighted by atomic mass is 32.2. The molecule has 1 aromatic heterocycles. The van der Waals surface area contributed by atoms with Gasteiger partial charge in [0.1, 0.15) is 0 Å². The summed E-state index contributed by atoms with van der Waals surface area (Å²) >= 11 is 1.35. The summed E-state index contributed by atoms with van der Waals surface area (Å²) in [4.78, 5) is 21.1. The lowest BCUT2D eigenvalue weighted by Crippen LogP contribution is -2.04. The van der Waals surface area contributed by atoms with Crippen LogP contribution in [0.1, 0.15) is 27.3 Å². The van der Waals surface area contributed by atoms with Crippen LogP contribution in [0.25, 0.3) is 0 Å². The molecular formula is C16H16N2O3S. The summed E-state index contributed by atoms with van der Waals surface area (Å²) < 4.78 is 10.5. The van der Waals surface area contributed by atoms with E-state index in [-0.39, 0.29) is 12.6 Å². The summed E-state index contributed by atoms with van der Waals surface area (Å²) in [6.45, 7) is 6.11. The first-order chi connectivity index (χ1) is 10.5. The van der Waals surface area contributed by atoms with Crippen molar-refractivity contribution in [3.05, 3.63) is 40.7 Å². The molecule has 0 bridgehead atoms. The topological polar surface area (TPSA) is 61.3 Å². The van der Waals surface area contributed by atoms with Crippen LogP contribution in [0.4, 0.5) is 0 Å². The van der Waals surface area contributed by atoms with Crippen LogP contribution < -0.4 is 9.47 Å². The molecule has 1 aromatic carbocycles. The minimum atomic E-state index is 0.0165. The van der Waals surface area contributed by atoms with Crippen LogP contribution in [0.5, 0.6) is 11.5 Å². The van der Waals surface area contributed by atoms with Gasteiger partial charge in [-0.1, -0.05) is 11.8 Å². The van der Waals surface area contributed by atoms with Crippen LogP contribution in [-0.2, 0) is 0 Å². The van der Waals surface area contributed by atoms with Gasteiger partial charge < -0.3 is 9.47 Å². The second-order valence-electron chi connectivity index (χ2n) is 5.08. The van der Waals surface area contributed by atoms with Crippen molar-refractivity contribution in [3.8, 4) is 11.5 Å². The van der Waals surface area contributed by atoms with Gasteiger partial charge >= 0.3 is 0 Å². The predicted octanol–water partition coefficient (Wildman–Crippen LogP) is 3.11. The number of benzene rings is 1. The zero-order chi connectivity index (χ0) is 15.7. The fourth-order valence-electron chi connectivity index (χ4n) is 2.09. The smallest absolute Gasteiger partial charge is 0.231 e. The maximum Gasteiger partial charge on any atom is 0.231 e. The van der Waals surface area contributed by atoms with Crippen LogP contribution in [0.3, 0.4) is 0 Å². The third-order valence-corrected chi connectivity index (χ3v) is 4.49. The zero-order valence-electron chi connectivity index (χ0n) is 12.7. The number of hydrogen-bond acceptors (Lipinski definition) is 6. The highest BCUT2D eigenvalue weighted by molar-refractivity contribution is 7.99. The molecule has 0 saturated carbocycles. The van der Waals surface area contributed by atoms with E-state index in [0.717, 1.165) is 17.0 Å². The molecule has 1 aliphatic rings. The van der Waals surface area contributed by atoms with E-state index in [1.807, 2.05) is 20.8 Å².